The summed E-state index contributed by atoms with van der Waals surface area (Å²) >= 11 is 0. The topological polar surface area (TPSA) is 69.4 Å². The van der Waals surface area contributed by atoms with Gasteiger partial charge in [-0.3, -0.25) is 0 Å². The van der Waals surface area contributed by atoms with Crippen molar-refractivity contribution in [2.75, 3.05) is 5.75 Å². The normalized spacial score (nSPS) is 10.7. The van der Waals surface area contributed by atoms with Gasteiger partial charge in [0.1, 0.15) is 0 Å². The fourth-order valence-electron chi connectivity index (χ4n) is 0.577. The molecule has 0 aromatic rings. The SMILES string of the molecule is CCCCCS(=O)(=O)ON.[NaH]. The van der Waals surface area contributed by atoms with E-state index in [2.05, 4.69) is 10.2 Å². The predicted octanol–water partition coefficient (Wildman–Crippen LogP) is -0.252. The van der Waals surface area contributed by atoms with Gasteiger partial charge in [-0.25, -0.2) is 0 Å². The monoisotopic (exact) mass is 191 g/mol. The van der Waals surface area contributed by atoms with Gasteiger partial charge in [0.2, 0.25) is 0 Å². The van der Waals surface area contributed by atoms with Crippen LogP contribution in [0.4, 0.5) is 0 Å². The Hall–Kier alpha value is 0.870. The second kappa shape index (κ2) is 7.52. The van der Waals surface area contributed by atoms with Crippen LogP contribution in [0.3, 0.4) is 0 Å². The number of rotatable bonds is 5. The third-order valence-corrected chi connectivity index (χ3v) is 2.23. The summed E-state index contributed by atoms with van der Waals surface area (Å²) in [5.41, 5.74) is 0. The molecule has 11 heavy (non-hydrogen) atoms. The molecule has 0 aromatic heterocycles. The molecule has 0 radical (unpaired) electrons. The van der Waals surface area contributed by atoms with E-state index in [4.69, 9.17) is 0 Å². The molecule has 0 spiro atoms. The Labute approximate surface area is 89.9 Å². The molecule has 0 amide bonds. The Bertz CT molecular complexity index is 169. The van der Waals surface area contributed by atoms with E-state index in [0.29, 0.717) is 6.42 Å². The zero-order valence-corrected chi connectivity index (χ0v) is 6.86. The summed E-state index contributed by atoms with van der Waals surface area (Å²) < 4.78 is 24.8. The van der Waals surface area contributed by atoms with Gasteiger partial charge in [0.05, 0.1) is 5.75 Å². The molecule has 0 aliphatic heterocycles. The number of nitrogens with two attached hydrogens (primary N) is 1. The van der Waals surface area contributed by atoms with E-state index in [1.54, 1.807) is 0 Å². The number of unbranched alkanes of at least 4 members (excludes halogenated alkanes) is 2. The first kappa shape index (κ1) is 14.4. The van der Waals surface area contributed by atoms with E-state index in [9.17, 15) is 8.42 Å². The molecule has 0 rings (SSSR count). The van der Waals surface area contributed by atoms with Crippen molar-refractivity contribution < 1.29 is 12.7 Å². The molecule has 0 heterocycles. The Morgan fingerprint density at radius 2 is 1.91 bits per heavy atom. The maximum atomic E-state index is 10.5. The Morgan fingerprint density at radius 3 is 2.27 bits per heavy atom. The first-order valence-electron chi connectivity index (χ1n) is 3.23. The van der Waals surface area contributed by atoms with Crippen molar-refractivity contribution >= 4 is 39.7 Å². The third-order valence-electron chi connectivity index (χ3n) is 1.14. The molecule has 0 bridgehead atoms. The van der Waals surface area contributed by atoms with Crippen molar-refractivity contribution in [2.24, 2.45) is 5.90 Å². The fourth-order valence-corrected chi connectivity index (χ4v) is 1.23. The van der Waals surface area contributed by atoms with Crippen LogP contribution in [0.2, 0.25) is 0 Å². The van der Waals surface area contributed by atoms with Crippen molar-refractivity contribution in [3.63, 3.8) is 0 Å². The predicted molar refractivity (Wildman–Crippen MR) is 45.7 cm³/mol. The molecular formula is C5H14NNaO3S. The quantitative estimate of drug-likeness (QED) is 0.369. The Morgan fingerprint density at radius 1 is 1.36 bits per heavy atom. The second-order valence-electron chi connectivity index (χ2n) is 2.07. The molecule has 0 fully saturated rings. The average molecular weight is 191 g/mol. The zero-order valence-electron chi connectivity index (χ0n) is 6.04. The van der Waals surface area contributed by atoms with Crippen LogP contribution in [0.15, 0.2) is 0 Å². The van der Waals surface area contributed by atoms with Gasteiger partial charge in [0.15, 0.2) is 0 Å². The molecule has 2 N–H and O–H groups in total. The average Bonchev–Trinajstić information content (AvgIpc) is 1.89. The van der Waals surface area contributed by atoms with Crippen LogP contribution in [-0.2, 0) is 14.4 Å². The van der Waals surface area contributed by atoms with E-state index in [-0.39, 0.29) is 35.3 Å². The molecule has 0 saturated carbocycles. The minimum absolute atomic E-state index is 0. The first-order valence-corrected chi connectivity index (χ1v) is 4.81. The molecular weight excluding hydrogens is 177 g/mol. The van der Waals surface area contributed by atoms with Crippen molar-refractivity contribution in [3.05, 3.63) is 0 Å². The van der Waals surface area contributed by atoms with Crippen molar-refractivity contribution in [1.29, 1.82) is 0 Å². The van der Waals surface area contributed by atoms with Gasteiger partial charge in [-0.1, -0.05) is 19.8 Å². The minimum atomic E-state index is -3.41. The molecule has 0 saturated heterocycles. The third kappa shape index (κ3) is 8.78. The van der Waals surface area contributed by atoms with Crippen LogP contribution in [0.25, 0.3) is 0 Å². The molecule has 0 aromatic carbocycles. The zero-order chi connectivity index (χ0) is 8.04. The van der Waals surface area contributed by atoms with E-state index in [0.717, 1.165) is 12.8 Å². The van der Waals surface area contributed by atoms with E-state index in [1.807, 2.05) is 6.92 Å². The summed E-state index contributed by atoms with van der Waals surface area (Å²) in [5.74, 6) is 4.53. The summed E-state index contributed by atoms with van der Waals surface area (Å²) in [5, 5.41) is 0. The van der Waals surface area contributed by atoms with Crippen LogP contribution < -0.4 is 5.90 Å². The van der Waals surface area contributed by atoms with E-state index >= 15 is 0 Å². The fraction of sp³-hybridized carbons (Fsp3) is 1.00. The summed E-state index contributed by atoms with van der Waals surface area (Å²) in [6.45, 7) is 2.00. The van der Waals surface area contributed by atoms with Crippen LogP contribution in [0, 0.1) is 0 Å². The molecule has 0 unspecified atom stereocenters. The van der Waals surface area contributed by atoms with Crippen LogP contribution in [0.1, 0.15) is 26.2 Å². The molecule has 0 aliphatic carbocycles. The van der Waals surface area contributed by atoms with Gasteiger partial charge in [-0.15, -0.1) is 0 Å². The van der Waals surface area contributed by atoms with Crippen molar-refractivity contribution in [1.82, 2.24) is 0 Å². The second-order valence-corrected chi connectivity index (χ2v) is 3.78. The van der Waals surface area contributed by atoms with E-state index in [1.165, 1.54) is 0 Å². The van der Waals surface area contributed by atoms with Gasteiger partial charge in [0.25, 0.3) is 10.1 Å². The van der Waals surface area contributed by atoms with Crippen LogP contribution in [-0.4, -0.2) is 43.7 Å². The first-order chi connectivity index (χ1) is 4.62. The van der Waals surface area contributed by atoms with Crippen molar-refractivity contribution in [2.45, 2.75) is 26.2 Å². The standard InChI is InChI=1S/C5H13NO3S.Na.H/c1-2-3-4-5-10(7,8)9-6;;/h2-6H2,1H3;;. The van der Waals surface area contributed by atoms with Crippen LogP contribution in [0.5, 0.6) is 0 Å². The Balaban J connectivity index is 0. The summed E-state index contributed by atoms with van der Waals surface area (Å²) in [7, 11) is -3.41. The Kier molecular flexibility index (Phi) is 9.84. The van der Waals surface area contributed by atoms with Gasteiger partial charge >= 0.3 is 29.6 Å². The molecule has 4 nitrogen and oxygen atoms in total. The summed E-state index contributed by atoms with van der Waals surface area (Å²) in [6.07, 6.45) is 2.50. The maximum absolute atomic E-state index is 10.5. The number of hydrogen-bond donors (Lipinski definition) is 1. The van der Waals surface area contributed by atoms with Gasteiger partial charge in [0, 0.05) is 0 Å². The van der Waals surface area contributed by atoms with Gasteiger partial charge < -0.3 is 0 Å². The van der Waals surface area contributed by atoms with Crippen LogP contribution >= 0.6 is 0 Å². The molecule has 0 atom stereocenters. The molecule has 0 aliphatic rings. The number of hydrogen-bond acceptors (Lipinski definition) is 4. The van der Waals surface area contributed by atoms with Gasteiger partial charge in [-0.05, 0) is 6.42 Å². The summed E-state index contributed by atoms with van der Waals surface area (Å²) in [6, 6.07) is 0. The summed E-state index contributed by atoms with van der Waals surface area (Å²) in [4.78, 5) is 0. The van der Waals surface area contributed by atoms with Gasteiger partial charge in [-0.2, -0.15) is 18.6 Å². The molecule has 64 valence electrons. The molecule has 6 heteroatoms. The van der Waals surface area contributed by atoms with E-state index < -0.39 is 10.1 Å². The van der Waals surface area contributed by atoms with Crippen molar-refractivity contribution in [3.8, 4) is 0 Å².